The molecule has 0 spiro atoms. The molecule has 0 unspecified atom stereocenters. The number of ether oxygens (including phenoxy) is 1. The summed E-state index contributed by atoms with van der Waals surface area (Å²) in [7, 11) is 3.33. The average Bonchev–Trinajstić information content (AvgIpc) is 2.49. The monoisotopic (exact) mass is 278 g/mol. The van der Waals surface area contributed by atoms with Crippen molar-refractivity contribution in [1.29, 1.82) is 0 Å². The number of rotatable bonds is 4. The maximum absolute atomic E-state index is 12.3. The van der Waals surface area contributed by atoms with Crippen LogP contribution < -0.4 is 10.1 Å². The standard InChI is InChI=1S/C15H22N2O3/c1-17(15(19)12-4-3-7-16-9-12)10-11-5-6-13(18)14(8-11)20-2/h5-6,8,12,16,18H,3-4,7,9-10H2,1-2H3/t12-/m0/s1. The van der Waals surface area contributed by atoms with E-state index in [2.05, 4.69) is 5.32 Å². The molecule has 110 valence electrons. The van der Waals surface area contributed by atoms with Crippen molar-refractivity contribution in [3.05, 3.63) is 23.8 Å². The Labute approximate surface area is 119 Å². The minimum atomic E-state index is 0.0766. The minimum absolute atomic E-state index is 0.0766. The molecule has 5 nitrogen and oxygen atoms in total. The number of carbonyl (C=O) groups is 1. The van der Waals surface area contributed by atoms with Gasteiger partial charge in [0.25, 0.3) is 0 Å². The van der Waals surface area contributed by atoms with Gasteiger partial charge in [0.05, 0.1) is 13.0 Å². The molecule has 1 aromatic rings. The second-order valence-electron chi connectivity index (χ2n) is 5.24. The van der Waals surface area contributed by atoms with Crippen LogP contribution in [0.25, 0.3) is 0 Å². The van der Waals surface area contributed by atoms with Crippen molar-refractivity contribution in [2.45, 2.75) is 19.4 Å². The molecule has 0 aromatic heterocycles. The molecular weight excluding hydrogens is 256 g/mol. The summed E-state index contributed by atoms with van der Waals surface area (Å²) in [5.74, 6) is 0.793. The molecule has 0 bridgehead atoms. The number of methoxy groups -OCH3 is 1. The molecule has 5 heteroatoms. The molecule has 1 amide bonds. The summed E-state index contributed by atoms with van der Waals surface area (Å²) in [4.78, 5) is 14.1. The lowest BCUT2D eigenvalue weighted by Gasteiger charge is -2.27. The van der Waals surface area contributed by atoms with Gasteiger partial charge in [-0.3, -0.25) is 4.79 Å². The van der Waals surface area contributed by atoms with Crippen LogP contribution in [0.4, 0.5) is 0 Å². The van der Waals surface area contributed by atoms with Crippen LogP contribution in [0.5, 0.6) is 11.5 Å². The quantitative estimate of drug-likeness (QED) is 0.873. The van der Waals surface area contributed by atoms with Crippen LogP contribution in [-0.2, 0) is 11.3 Å². The van der Waals surface area contributed by atoms with Gasteiger partial charge in [0, 0.05) is 20.1 Å². The summed E-state index contributed by atoms with van der Waals surface area (Å²) < 4.78 is 5.08. The molecule has 0 aliphatic carbocycles. The zero-order valence-corrected chi connectivity index (χ0v) is 12.1. The number of aromatic hydroxyl groups is 1. The van der Waals surface area contributed by atoms with Crippen LogP contribution in [0.2, 0.25) is 0 Å². The van der Waals surface area contributed by atoms with Crippen molar-refractivity contribution in [1.82, 2.24) is 10.2 Å². The molecule has 0 radical (unpaired) electrons. The van der Waals surface area contributed by atoms with E-state index in [1.54, 1.807) is 23.1 Å². The molecule has 0 saturated carbocycles. The largest absolute Gasteiger partial charge is 0.504 e. The fraction of sp³-hybridized carbons (Fsp3) is 0.533. The van der Waals surface area contributed by atoms with E-state index in [1.807, 2.05) is 7.05 Å². The second kappa shape index (κ2) is 6.61. The van der Waals surface area contributed by atoms with E-state index in [4.69, 9.17) is 4.74 Å². The zero-order valence-electron chi connectivity index (χ0n) is 12.1. The summed E-state index contributed by atoms with van der Waals surface area (Å²) in [5.41, 5.74) is 0.944. The number of phenolic OH excluding ortho intramolecular Hbond substituents is 1. The Balaban J connectivity index is 1.99. The van der Waals surface area contributed by atoms with Gasteiger partial charge >= 0.3 is 0 Å². The lowest BCUT2D eigenvalue weighted by atomic mass is 9.98. The topological polar surface area (TPSA) is 61.8 Å². The van der Waals surface area contributed by atoms with Crippen molar-refractivity contribution < 1.29 is 14.6 Å². The van der Waals surface area contributed by atoms with Crippen molar-refractivity contribution in [3.63, 3.8) is 0 Å². The summed E-state index contributed by atoms with van der Waals surface area (Å²) in [6, 6.07) is 5.16. The van der Waals surface area contributed by atoms with E-state index >= 15 is 0 Å². The number of phenols is 1. The molecule has 1 aliphatic heterocycles. The maximum Gasteiger partial charge on any atom is 0.227 e. The lowest BCUT2D eigenvalue weighted by Crippen LogP contribution is -2.41. The van der Waals surface area contributed by atoms with Gasteiger partial charge in [-0.15, -0.1) is 0 Å². The van der Waals surface area contributed by atoms with Crippen LogP contribution in [-0.4, -0.2) is 43.2 Å². The molecule has 1 aliphatic rings. The number of carbonyl (C=O) groups excluding carboxylic acids is 1. The molecule has 2 N–H and O–H groups in total. The normalized spacial score (nSPS) is 18.6. The predicted molar refractivity (Wildman–Crippen MR) is 76.7 cm³/mol. The highest BCUT2D eigenvalue weighted by molar-refractivity contribution is 5.79. The number of nitrogens with zero attached hydrogens (tertiary/aromatic N) is 1. The molecule has 1 atom stereocenters. The Morgan fingerprint density at radius 2 is 2.35 bits per heavy atom. The smallest absolute Gasteiger partial charge is 0.227 e. The first-order chi connectivity index (χ1) is 9.61. The molecule has 1 aromatic carbocycles. The first kappa shape index (κ1) is 14.7. The van der Waals surface area contributed by atoms with Crippen LogP contribution >= 0.6 is 0 Å². The number of hydrogen-bond donors (Lipinski definition) is 2. The number of nitrogens with one attached hydrogen (secondary N) is 1. The van der Waals surface area contributed by atoms with Crippen molar-refractivity contribution in [2.75, 3.05) is 27.2 Å². The Morgan fingerprint density at radius 1 is 1.55 bits per heavy atom. The summed E-state index contributed by atoms with van der Waals surface area (Å²) >= 11 is 0. The summed E-state index contributed by atoms with van der Waals surface area (Å²) in [6.07, 6.45) is 2.01. The third kappa shape index (κ3) is 3.42. The SMILES string of the molecule is COc1cc(CN(C)C(=O)[C@H]2CCCNC2)ccc1O. The Hall–Kier alpha value is -1.75. The lowest BCUT2D eigenvalue weighted by molar-refractivity contribution is -0.135. The van der Waals surface area contributed by atoms with Crippen LogP contribution in [0, 0.1) is 5.92 Å². The van der Waals surface area contributed by atoms with Crippen molar-refractivity contribution in [2.24, 2.45) is 5.92 Å². The third-order valence-electron chi connectivity index (χ3n) is 3.69. The van der Waals surface area contributed by atoms with Gasteiger partial charge in [-0.05, 0) is 37.1 Å². The number of piperidine rings is 1. The molecule has 1 fully saturated rings. The fourth-order valence-electron chi connectivity index (χ4n) is 2.55. The molecule has 1 heterocycles. The van der Waals surface area contributed by atoms with Gasteiger partial charge in [0.1, 0.15) is 0 Å². The fourth-order valence-corrected chi connectivity index (χ4v) is 2.55. The first-order valence-electron chi connectivity index (χ1n) is 6.93. The molecule has 20 heavy (non-hydrogen) atoms. The van der Waals surface area contributed by atoms with Gasteiger partial charge < -0.3 is 20.1 Å². The predicted octanol–water partition coefficient (Wildman–Crippen LogP) is 1.36. The Morgan fingerprint density at radius 3 is 3.00 bits per heavy atom. The highest BCUT2D eigenvalue weighted by Gasteiger charge is 2.23. The minimum Gasteiger partial charge on any atom is -0.504 e. The molecule has 1 saturated heterocycles. The Bertz CT molecular complexity index is 470. The highest BCUT2D eigenvalue weighted by Crippen LogP contribution is 2.27. The van der Waals surface area contributed by atoms with Crippen LogP contribution in [0.1, 0.15) is 18.4 Å². The molecular formula is C15H22N2O3. The van der Waals surface area contributed by atoms with Crippen molar-refractivity contribution >= 4 is 5.91 Å². The van der Waals surface area contributed by atoms with E-state index < -0.39 is 0 Å². The number of amides is 1. The van der Waals surface area contributed by atoms with E-state index in [9.17, 15) is 9.90 Å². The number of hydrogen-bond acceptors (Lipinski definition) is 4. The summed E-state index contributed by atoms with van der Waals surface area (Å²) in [6.45, 7) is 2.29. The first-order valence-corrected chi connectivity index (χ1v) is 6.93. The van der Waals surface area contributed by atoms with Crippen molar-refractivity contribution in [3.8, 4) is 11.5 Å². The highest BCUT2D eigenvalue weighted by atomic mass is 16.5. The van der Waals surface area contributed by atoms with E-state index in [1.165, 1.54) is 7.11 Å². The van der Waals surface area contributed by atoms with Gasteiger partial charge in [-0.2, -0.15) is 0 Å². The summed E-state index contributed by atoms with van der Waals surface area (Å²) in [5, 5.41) is 12.8. The number of benzene rings is 1. The Kier molecular flexibility index (Phi) is 4.84. The zero-order chi connectivity index (χ0) is 14.5. The van der Waals surface area contributed by atoms with Gasteiger partial charge in [-0.1, -0.05) is 6.07 Å². The van der Waals surface area contributed by atoms with Gasteiger partial charge in [-0.25, -0.2) is 0 Å². The second-order valence-corrected chi connectivity index (χ2v) is 5.24. The average molecular weight is 278 g/mol. The van der Waals surface area contributed by atoms with Gasteiger partial charge in [0.2, 0.25) is 5.91 Å². The van der Waals surface area contributed by atoms with Crippen LogP contribution in [0.3, 0.4) is 0 Å². The third-order valence-corrected chi connectivity index (χ3v) is 3.69. The molecule has 2 rings (SSSR count). The van der Waals surface area contributed by atoms with E-state index in [0.29, 0.717) is 12.3 Å². The maximum atomic E-state index is 12.3. The van der Waals surface area contributed by atoms with Crippen LogP contribution in [0.15, 0.2) is 18.2 Å². The van der Waals surface area contributed by atoms with Gasteiger partial charge in [0.15, 0.2) is 11.5 Å². The van der Waals surface area contributed by atoms with E-state index in [-0.39, 0.29) is 17.6 Å². The van der Waals surface area contributed by atoms with E-state index in [0.717, 1.165) is 31.5 Å².